The van der Waals surface area contributed by atoms with E-state index in [1.54, 1.807) is 11.0 Å². The van der Waals surface area contributed by atoms with E-state index in [0.717, 1.165) is 24.2 Å². The molecule has 1 saturated heterocycles. The number of aromatic nitrogens is 1. The molecular formula is C21H24Cl2N4O3S. The zero-order valence-electron chi connectivity index (χ0n) is 17.6. The minimum absolute atomic E-state index is 0.221. The molecule has 0 saturated carbocycles. The van der Waals surface area contributed by atoms with Crippen LogP contribution in [-0.4, -0.2) is 53.7 Å². The Labute approximate surface area is 195 Å². The second-order valence-electron chi connectivity index (χ2n) is 8.97. The number of ether oxygens (including phenoxy) is 1. The maximum atomic E-state index is 13.0. The van der Waals surface area contributed by atoms with Crippen LogP contribution in [0.2, 0.25) is 9.36 Å². The molecule has 2 aliphatic rings. The van der Waals surface area contributed by atoms with E-state index < -0.39 is 5.60 Å². The van der Waals surface area contributed by atoms with Crippen molar-refractivity contribution in [2.24, 2.45) is 0 Å². The summed E-state index contributed by atoms with van der Waals surface area (Å²) in [6.45, 7) is 7.68. The number of nitrogens with zero attached hydrogens (tertiary/aromatic N) is 3. The molecule has 1 aromatic heterocycles. The maximum Gasteiger partial charge on any atom is 0.328 e. The molecule has 0 bridgehead atoms. The Hall–Kier alpha value is -1.87. The molecule has 1 spiro atoms. The minimum Gasteiger partial charge on any atom is -0.459 e. The van der Waals surface area contributed by atoms with E-state index in [2.05, 4.69) is 15.2 Å². The number of amides is 2. The highest BCUT2D eigenvalue weighted by Gasteiger charge is 2.49. The number of anilines is 2. The number of benzene rings is 1. The smallest absolute Gasteiger partial charge is 0.328 e. The number of urea groups is 1. The van der Waals surface area contributed by atoms with Gasteiger partial charge in [-0.15, -0.1) is 0 Å². The number of carbonyl (C=O) groups is 2. The fourth-order valence-corrected chi connectivity index (χ4v) is 5.27. The fraction of sp³-hybridized carbons (Fsp3) is 0.476. The summed E-state index contributed by atoms with van der Waals surface area (Å²) in [5.74, 6) is -0.246. The van der Waals surface area contributed by atoms with Gasteiger partial charge in [-0.1, -0.05) is 34.5 Å². The Balaban J connectivity index is 1.53. The second kappa shape index (κ2) is 8.24. The van der Waals surface area contributed by atoms with Crippen LogP contribution < -0.4 is 10.2 Å². The SMILES string of the molecule is CC(C)(C)OC(=O)CN1CCC2(C1)CN(C(=O)Nc1ncc(Cl)s1)c1ccc(Cl)cc12. The number of esters is 1. The van der Waals surface area contributed by atoms with Crippen molar-refractivity contribution < 1.29 is 14.3 Å². The third-order valence-corrected chi connectivity index (χ3v) is 6.69. The standard InChI is InChI=1S/C21H24Cl2N4O3S/c1-20(2,3)30-17(28)10-26-7-6-21(11-26)12-27(15-5-4-13(22)8-14(15)21)19(29)25-18-24-9-16(23)31-18/h4-5,8-9H,6-7,10-12H2,1-3H3,(H,24,25,29). The molecule has 2 aliphatic heterocycles. The van der Waals surface area contributed by atoms with Gasteiger partial charge in [-0.2, -0.15) is 0 Å². The van der Waals surface area contributed by atoms with E-state index in [1.165, 1.54) is 17.5 Å². The predicted octanol–water partition coefficient (Wildman–Crippen LogP) is 4.79. The molecule has 1 aromatic carbocycles. The van der Waals surface area contributed by atoms with Crippen molar-refractivity contribution >= 4 is 57.4 Å². The van der Waals surface area contributed by atoms with Crippen LogP contribution in [0.3, 0.4) is 0 Å². The molecule has 0 aliphatic carbocycles. The van der Waals surface area contributed by atoms with Crippen molar-refractivity contribution in [3.05, 3.63) is 39.3 Å². The quantitative estimate of drug-likeness (QED) is 0.636. The van der Waals surface area contributed by atoms with Gasteiger partial charge in [0, 0.05) is 29.2 Å². The average molecular weight is 483 g/mol. The monoisotopic (exact) mass is 482 g/mol. The number of fused-ring (bicyclic) bond motifs is 2. The van der Waals surface area contributed by atoms with Gasteiger partial charge in [-0.05, 0) is 57.5 Å². The van der Waals surface area contributed by atoms with Crippen LogP contribution in [0.1, 0.15) is 32.8 Å². The first-order chi connectivity index (χ1) is 14.5. The molecule has 1 atom stereocenters. The highest BCUT2D eigenvalue weighted by atomic mass is 35.5. The van der Waals surface area contributed by atoms with Crippen molar-refractivity contribution in [2.45, 2.75) is 38.2 Å². The number of carbonyl (C=O) groups excluding carboxylic acids is 2. The molecule has 1 fully saturated rings. The lowest BCUT2D eigenvalue weighted by atomic mass is 9.81. The van der Waals surface area contributed by atoms with Crippen molar-refractivity contribution in [3.63, 3.8) is 0 Å². The predicted molar refractivity (Wildman–Crippen MR) is 124 cm³/mol. The zero-order valence-corrected chi connectivity index (χ0v) is 19.9. The Kier molecular flexibility index (Phi) is 5.93. The van der Waals surface area contributed by atoms with E-state index in [-0.39, 0.29) is 24.0 Å². The van der Waals surface area contributed by atoms with Crippen LogP contribution in [0.15, 0.2) is 24.4 Å². The first-order valence-electron chi connectivity index (χ1n) is 9.99. The third-order valence-electron chi connectivity index (χ3n) is 5.42. The molecule has 4 rings (SSSR count). The number of hydrogen-bond donors (Lipinski definition) is 1. The largest absolute Gasteiger partial charge is 0.459 e. The number of halogens is 2. The van der Waals surface area contributed by atoms with E-state index >= 15 is 0 Å². The van der Waals surface area contributed by atoms with Crippen LogP contribution in [-0.2, 0) is 14.9 Å². The first kappa shape index (κ1) is 22.3. The molecule has 166 valence electrons. The molecule has 10 heteroatoms. The van der Waals surface area contributed by atoms with Crippen molar-refractivity contribution in [3.8, 4) is 0 Å². The van der Waals surface area contributed by atoms with Gasteiger partial charge in [-0.25, -0.2) is 9.78 Å². The van der Waals surface area contributed by atoms with Crippen LogP contribution in [0.25, 0.3) is 0 Å². The lowest BCUT2D eigenvalue weighted by molar-refractivity contribution is -0.155. The number of hydrogen-bond acceptors (Lipinski definition) is 6. The highest BCUT2D eigenvalue weighted by Crippen LogP contribution is 2.47. The minimum atomic E-state index is -0.518. The van der Waals surface area contributed by atoms with Crippen LogP contribution >= 0.6 is 34.5 Å². The Morgan fingerprint density at radius 3 is 2.74 bits per heavy atom. The third kappa shape index (κ3) is 4.82. The summed E-state index contributed by atoms with van der Waals surface area (Å²) in [7, 11) is 0. The summed E-state index contributed by atoms with van der Waals surface area (Å²) in [5.41, 5.74) is 1.04. The zero-order chi connectivity index (χ0) is 22.4. The van der Waals surface area contributed by atoms with Crippen LogP contribution in [0.4, 0.5) is 15.6 Å². The molecule has 1 N–H and O–H groups in total. The molecule has 0 radical (unpaired) electrons. The van der Waals surface area contributed by atoms with Gasteiger partial charge >= 0.3 is 12.0 Å². The van der Waals surface area contributed by atoms with Gasteiger partial charge in [0.15, 0.2) is 5.13 Å². The summed E-state index contributed by atoms with van der Waals surface area (Å²) in [4.78, 5) is 33.3. The molecule has 2 aromatic rings. The summed E-state index contributed by atoms with van der Waals surface area (Å²) >= 11 is 13.4. The van der Waals surface area contributed by atoms with E-state index in [9.17, 15) is 9.59 Å². The van der Waals surface area contributed by atoms with E-state index in [4.69, 9.17) is 27.9 Å². The molecular weight excluding hydrogens is 459 g/mol. The normalized spacial score (nSPS) is 20.9. The van der Waals surface area contributed by atoms with E-state index in [0.29, 0.717) is 27.6 Å². The maximum absolute atomic E-state index is 13.0. The summed E-state index contributed by atoms with van der Waals surface area (Å²) < 4.78 is 5.98. The van der Waals surface area contributed by atoms with Crippen molar-refractivity contribution in [2.75, 3.05) is 36.4 Å². The Bertz CT molecular complexity index is 1020. The van der Waals surface area contributed by atoms with E-state index in [1.807, 2.05) is 32.9 Å². The van der Waals surface area contributed by atoms with Gasteiger partial charge in [0.05, 0.1) is 12.7 Å². The lowest BCUT2D eigenvalue weighted by Gasteiger charge is -2.26. The number of thiazole rings is 1. The number of likely N-dealkylation sites (tertiary alicyclic amines) is 1. The van der Waals surface area contributed by atoms with Crippen LogP contribution in [0, 0.1) is 0 Å². The number of nitrogens with one attached hydrogen (secondary N) is 1. The average Bonchev–Trinajstić information content (AvgIpc) is 3.33. The van der Waals surface area contributed by atoms with Crippen molar-refractivity contribution in [1.29, 1.82) is 0 Å². The first-order valence-corrected chi connectivity index (χ1v) is 11.6. The topological polar surface area (TPSA) is 74.8 Å². The Morgan fingerprint density at radius 2 is 2.06 bits per heavy atom. The summed E-state index contributed by atoms with van der Waals surface area (Å²) in [6, 6.07) is 5.32. The molecule has 2 amide bonds. The summed E-state index contributed by atoms with van der Waals surface area (Å²) in [5, 5.41) is 3.90. The van der Waals surface area contributed by atoms with Gasteiger partial charge in [-0.3, -0.25) is 19.9 Å². The molecule has 3 heterocycles. The Morgan fingerprint density at radius 1 is 1.29 bits per heavy atom. The lowest BCUT2D eigenvalue weighted by Crippen LogP contribution is -2.41. The highest BCUT2D eigenvalue weighted by molar-refractivity contribution is 7.19. The second-order valence-corrected chi connectivity index (χ2v) is 11.1. The van der Waals surface area contributed by atoms with Gasteiger partial charge in [0.2, 0.25) is 0 Å². The van der Waals surface area contributed by atoms with Crippen LogP contribution in [0.5, 0.6) is 0 Å². The van der Waals surface area contributed by atoms with Gasteiger partial charge in [0.25, 0.3) is 0 Å². The number of rotatable bonds is 3. The van der Waals surface area contributed by atoms with Crippen molar-refractivity contribution in [1.82, 2.24) is 9.88 Å². The molecule has 7 nitrogen and oxygen atoms in total. The fourth-order valence-electron chi connectivity index (χ4n) is 4.29. The van der Waals surface area contributed by atoms with Gasteiger partial charge in [0.1, 0.15) is 9.94 Å². The van der Waals surface area contributed by atoms with Gasteiger partial charge < -0.3 is 4.74 Å². The molecule has 1 unspecified atom stereocenters. The summed E-state index contributed by atoms with van der Waals surface area (Å²) in [6.07, 6.45) is 2.32. The molecule has 31 heavy (non-hydrogen) atoms.